The van der Waals surface area contributed by atoms with Gasteiger partial charge in [0.05, 0.1) is 28.3 Å². The standard InChI is InChI=1S/C17H13Cl2N3O2S/c18-13-7-12-5-6-25(23,24)21-17(12)16(8-13)11-1-3-15(4-2-11)22-10-14(19)9-20-22/h1-4,7-10,21H,5-6H2. The van der Waals surface area contributed by atoms with Crippen LogP contribution in [0.5, 0.6) is 0 Å². The Balaban J connectivity index is 1.78. The van der Waals surface area contributed by atoms with Crippen molar-refractivity contribution in [2.24, 2.45) is 0 Å². The number of benzene rings is 2. The fourth-order valence-electron chi connectivity index (χ4n) is 2.90. The summed E-state index contributed by atoms with van der Waals surface area (Å²) in [5.74, 6) is 0.0682. The van der Waals surface area contributed by atoms with Gasteiger partial charge in [0.1, 0.15) is 0 Å². The van der Waals surface area contributed by atoms with Crippen LogP contribution in [0.25, 0.3) is 16.8 Å². The zero-order valence-electron chi connectivity index (χ0n) is 12.9. The van der Waals surface area contributed by atoms with E-state index < -0.39 is 10.0 Å². The van der Waals surface area contributed by atoms with Crippen LogP contribution >= 0.6 is 23.2 Å². The Morgan fingerprint density at radius 1 is 1.08 bits per heavy atom. The van der Waals surface area contributed by atoms with Crippen molar-refractivity contribution < 1.29 is 8.42 Å². The van der Waals surface area contributed by atoms with Gasteiger partial charge >= 0.3 is 0 Å². The number of rotatable bonds is 2. The molecule has 2 heterocycles. The normalized spacial score (nSPS) is 15.4. The van der Waals surface area contributed by atoms with Crippen LogP contribution in [-0.4, -0.2) is 24.0 Å². The van der Waals surface area contributed by atoms with Crippen LogP contribution in [0.2, 0.25) is 10.0 Å². The minimum absolute atomic E-state index is 0.0682. The molecule has 0 bridgehead atoms. The fourth-order valence-corrected chi connectivity index (χ4v) is 4.41. The number of aryl methyl sites for hydroxylation is 1. The van der Waals surface area contributed by atoms with Gasteiger partial charge in [0, 0.05) is 16.8 Å². The first-order valence-corrected chi connectivity index (χ1v) is 9.96. The monoisotopic (exact) mass is 393 g/mol. The van der Waals surface area contributed by atoms with E-state index >= 15 is 0 Å². The molecule has 0 saturated heterocycles. The van der Waals surface area contributed by atoms with E-state index in [9.17, 15) is 8.42 Å². The van der Waals surface area contributed by atoms with Crippen molar-refractivity contribution in [1.82, 2.24) is 9.78 Å². The molecule has 0 fully saturated rings. The molecule has 0 saturated carbocycles. The summed E-state index contributed by atoms with van der Waals surface area (Å²) in [6, 6.07) is 11.2. The highest BCUT2D eigenvalue weighted by Gasteiger charge is 2.23. The Hall–Kier alpha value is -2.02. The van der Waals surface area contributed by atoms with E-state index in [1.54, 1.807) is 23.1 Å². The molecule has 1 aliphatic rings. The number of nitrogens with one attached hydrogen (secondary N) is 1. The molecule has 3 aromatic rings. The molecule has 0 unspecified atom stereocenters. The van der Waals surface area contributed by atoms with Crippen molar-refractivity contribution in [3.8, 4) is 16.8 Å². The Kier molecular flexibility index (Phi) is 3.98. The van der Waals surface area contributed by atoms with Gasteiger partial charge in [0.2, 0.25) is 10.0 Å². The second-order valence-electron chi connectivity index (χ2n) is 5.81. The Morgan fingerprint density at radius 3 is 2.52 bits per heavy atom. The lowest BCUT2D eigenvalue weighted by Crippen LogP contribution is -2.24. The van der Waals surface area contributed by atoms with Gasteiger partial charge in [0.25, 0.3) is 0 Å². The predicted octanol–water partition coefficient (Wildman–Crippen LogP) is 4.14. The third-order valence-corrected chi connectivity index (χ3v) is 5.75. The summed E-state index contributed by atoms with van der Waals surface area (Å²) in [6.45, 7) is 0. The van der Waals surface area contributed by atoms with Crippen molar-refractivity contribution in [2.75, 3.05) is 10.5 Å². The maximum atomic E-state index is 12.0. The smallest absolute Gasteiger partial charge is 0.233 e. The van der Waals surface area contributed by atoms with E-state index in [-0.39, 0.29) is 5.75 Å². The maximum absolute atomic E-state index is 12.0. The molecule has 0 atom stereocenters. The van der Waals surface area contributed by atoms with Crippen LogP contribution in [0, 0.1) is 0 Å². The number of halogens is 2. The minimum atomic E-state index is -3.31. The zero-order valence-corrected chi connectivity index (χ0v) is 15.2. The summed E-state index contributed by atoms with van der Waals surface area (Å²) >= 11 is 12.1. The fraction of sp³-hybridized carbons (Fsp3) is 0.118. The molecule has 0 aliphatic carbocycles. The van der Waals surface area contributed by atoms with E-state index in [1.807, 2.05) is 30.3 Å². The van der Waals surface area contributed by atoms with Crippen LogP contribution in [0.4, 0.5) is 5.69 Å². The zero-order chi connectivity index (χ0) is 17.6. The molecule has 0 radical (unpaired) electrons. The first kappa shape index (κ1) is 16.4. The highest BCUT2D eigenvalue weighted by molar-refractivity contribution is 7.92. The topological polar surface area (TPSA) is 64.0 Å². The molecule has 4 rings (SSSR count). The molecular weight excluding hydrogens is 381 g/mol. The maximum Gasteiger partial charge on any atom is 0.233 e. The summed E-state index contributed by atoms with van der Waals surface area (Å²) in [6.07, 6.45) is 3.73. The molecule has 1 aromatic heterocycles. The van der Waals surface area contributed by atoms with Crippen molar-refractivity contribution in [3.63, 3.8) is 0 Å². The summed E-state index contributed by atoms with van der Waals surface area (Å²) in [5.41, 5.74) is 3.99. The number of aromatic nitrogens is 2. The van der Waals surface area contributed by atoms with Crippen molar-refractivity contribution in [1.29, 1.82) is 0 Å². The molecule has 1 aliphatic heterocycles. The molecule has 0 spiro atoms. The van der Waals surface area contributed by atoms with Crippen LogP contribution in [-0.2, 0) is 16.4 Å². The van der Waals surface area contributed by atoms with Crippen molar-refractivity contribution >= 4 is 38.9 Å². The van der Waals surface area contributed by atoms with Crippen molar-refractivity contribution in [2.45, 2.75) is 6.42 Å². The average molecular weight is 394 g/mol. The van der Waals surface area contributed by atoms with Crippen LogP contribution < -0.4 is 4.72 Å². The Morgan fingerprint density at radius 2 is 1.84 bits per heavy atom. The third kappa shape index (κ3) is 3.25. The molecule has 1 N–H and O–H groups in total. The molecule has 25 heavy (non-hydrogen) atoms. The second-order valence-corrected chi connectivity index (χ2v) is 8.52. The first-order chi connectivity index (χ1) is 11.9. The van der Waals surface area contributed by atoms with E-state index in [2.05, 4.69) is 9.82 Å². The second kappa shape index (κ2) is 6.05. The SMILES string of the molecule is O=S1(=O)CCc2cc(Cl)cc(-c3ccc(-n4cc(Cl)cn4)cc3)c2N1. The van der Waals surface area contributed by atoms with Crippen LogP contribution in [0.1, 0.15) is 5.56 Å². The van der Waals surface area contributed by atoms with Gasteiger partial charge in [-0.25, -0.2) is 13.1 Å². The van der Waals surface area contributed by atoms with Crippen LogP contribution in [0.15, 0.2) is 48.8 Å². The highest BCUT2D eigenvalue weighted by atomic mass is 35.5. The highest BCUT2D eigenvalue weighted by Crippen LogP contribution is 2.37. The van der Waals surface area contributed by atoms with E-state index in [4.69, 9.17) is 23.2 Å². The summed E-state index contributed by atoms with van der Waals surface area (Å²) in [7, 11) is -3.31. The molecule has 2 aromatic carbocycles. The summed E-state index contributed by atoms with van der Waals surface area (Å²) < 4.78 is 28.2. The Bertz CT molecular complexity index is 1060. The number of anilines is 1. The number of fused-ring (bicyclic) bond motifs is 1. The first-order valence-electron chi connectivity index (χ1n) is 7.55. The van der Waals surface area contributed by atoms with Gasteiger partial charge in [0.15, 0.2) is 0 Å². The lowest BCUT2D eigenvalue weighted by Gasteiger charge is -2.22. The van der Waals surface area contributed by atoms with Crippen LogP contribution in [0.3, 0.4) is 0 Å². The van der Waals surface area contributed by atoms with Gasteiger partial charge < -0.3 is 0 Å². The van der Waals surface area contributed by atoms with Gasteiger partial charge in [-0.3, -0.25) is 4.72 Å². The predicted molar refractivity (Wildman–Crippen MR) is 100 cm³/mol. The van der Waals surface area contributed by atoms with Gasteiger partial charge in [-0.05, 0) is 41.8 Å². The van der Waals surface area contributed by atoms with Gasteiger partial charge in [-0.1, -0.05) is 35.3 Å². The number of hydrogen-bond donors (Lipinski definition) is 1. The summed E-state index contributed by atoms with van der Waals surface area (Å²) in [4.78, 5) is 0. The van der Waals surface area contributed by atoms with E-state index in [0.717, 1.165) is 22.4 Å². The molecule has 0 amide bonds. The molecule has 8 heteroatoms. The largest absolute Gasteiger partial charge is 0.283 e. The average Bonchev–Trinajstić information content (AvgIpc) is 3.01. The minimum Gasteiger partial charge on any atom is -0.283 e. The lowest BCUT2D eigenvalue weighted by molar-refractivity contribution is 0.599. The van der Waals surface area contributed by atoms with Crippen molar-refractivity contribution in [3.05, 3.63) is 64.4 Å². The van der Waals surface area contributed by atoms with E-state index in [1.165, 1.54) is 0 Å². The number of sulfonamides is 1. The number of nitrogens with zero attached hydrogens (tertiary/aromatic N) is 2. The quantitative estimate of drug-likeness (QED) is 0.711. The summed E-state index contributed by atoms with van der Waals surface area (Å²) in [5, 5.41) is 5.30. The molecule has 128 valence electrons. The Labute approximate surface area is 155 Å². The third-order valence-electron chi connectivity index (χ3n) is 4.08. The molecular formula is C17H13Cl2N3O2S. The molecule has 5 nitrogen and oxygen atoms in total. The van der Waals surface area contributed by atoms with Gasteiger partial charge in [-0.15, -0.1) is 0 Å². The number of hydrogen-bond acceptors (Lipinski definition) is 3. The van der Waals surface area contributed by atoms with E-state index in [0.29, 0.717) is 22.2 Å². The van der Waals surface area contributed by atoms with Gasteiger partial charge in [-0.2, -0.15) is 5.10 Å². The lowest BCUT2D eigenvalue weighted by atomic mass is 9.99.